The molecule has 6 heteroatoms. The lowest BCUT2D eigenvalue weighted by atomic mass is 10.2. The second-order valence-electron chi connectivity index (χ2n) is 5.92. The van der Waals surface area contributed by atoms with Gasteiger partial charge in [0, 0.05) is 10.7 Å². The number of nitrogens with one attached hydrogen (secondary N) is 2. The molecule has 1 aliphatic heterocycles. The lowest BCUT2D eigenvalue weighted by molar-refractivity contribution is -0.892. The Hall–Kier alpha value is -1.75. The summed E-state index contributed by atoms with van der Waals surface area (Å²) in [6, 6.07) is 15.2. The van der Waals surface area contributed by atoms with Gasteiger partial charge in [-0.25, -0.2) is 0 Å². The summed E-state index contributed by atoms with van der Waals surface area (Å²) in [6.45, 7) is 4.11. The van der Waals surface area contributed by atoms with Gasteiger partial charge in [-0.2, -0.15) is 0 Å². The van der Waals surface area contributed by atoms with E-state index in [0.29, 0.717) is 17.3 Å². The van der Waals surface area contributed by atoms with Crippen LogP contribution < -0.4 is 15.1 Å². The smallest absolute Gasteiger partial charge is 0.279 e. The van der Waals surface area contributed by atoms with E-state index in [2.05, 4.69) is 16.3 Å². The Bertz CT molecular complexity index is 715. The Labute approximate surface area is 152 Å². The Morgan fingerprint density at radius 2 is 1.83 bits per heavy atom. The van der Waals surface area contributed by atoms with Crippen LogP contribution in [0.5, 0.6) is 0 Å². The number of hydrogen-bond donors (Lipinski definition) is 2. The molecule has 1 heterocycles. The van der Waals surface area contributed by atoms with Gasteiger partial charge < -0.3 is 15.1 Å². The van der Waals surface area contributed by atoms with E-state index in [1.807, 2.05) is 36.4 Å². The van der Waals surface area contributed by atoms with Crippen molar-refractivity contribution in [2.75, 3.05) is 42.9 Å². The predicted octanol–water partition coefficient (Wildman–Crippen LogP) is 2.34. The minimum atomic E-state index is -0.00527. The van der Waals surface area contributed by atoms with Crippen molar-refractivity contribution in [3.8, 4) is 0 Å². The Morgan fingerprint density at radius 1 is 1.08 bits per heavy atom. The number of anilines is 2. The van der Waals surface area contributed by atoms with Gasteiger partial charge in [-0.05, 0) is 30.3 Å². The highest BCUT2D eigenvalue weighted by molar-refractivity contribution is 6.33. The largest absolute Gasteiger partial charge is 0.360 e. The summed E-state index contributed by atoms with van der Waals surface area (Å²) >= 11 is 12.1. The molecule has 1 amide bonds. The molecule has 0 atom stereocenters. The van der Waals surface area contributed by atoms with Crippen LogP contribution >= 0.6 is 23.2 Å². The summed E-state index contributed by atoms with van der Waals surface area (Å²) < 4.78 is 0. The lowest BCUT2D eigenvalue weighted by Gasteiger charge is -2.33. The maximum Gasteiger partial charge on any atom is 0.279 e. The number of benzene rings is 2. The molecule has 126 valence electrons. The number of quaternary nitrogens is 1. The molecule has 0 unspecified atom stereocenters. The van der Waals surface area contributed by atoms with Crippen molar-refractivity contribution in [2.45, 2.75) is 0 Å². The summed E-state index contributed by atoms with van der Waals surface area (Å²) in [5.74, 6) is -0.00527. The maximum atomic E-state index is 12.2. The zero-order valence-electron chi connectivity index (χ0n) is 13.3. The summed E-state index contributed by atoms with van der Waals surface area (Å²) in [5, 5.41) is 4.20. The standard InChI is InChI=1S/C18H19Cl2N3O/c19-14-4-3-5-15(12-14)23-10-8-22(9-11-23)13-18(24)21-17-7-2-1-6-16(17)20/h1-7,12H,8-11,13H2,(H,21,24)/p+1. The molecule has 4 nitrogen and oxygen atoms in total. The van der Waals surface area contributed by atoms with Gasteiger partial charge >= 0.3 is 0 Å². The highest BCUT2D eigenvalue weighted by atomic mass is 35.5. The van der Waals surface area contributed by atoms with E-state index in [1.165, 1.54) is 4.90 Å². The van der Waals surface area contributed by atoms with Gasteiger partial charge in [-0.1, -0.05) is 41.4 Å². The van der Waals surface area contributed by atoms with Gasteiger partial charge in [0.25, 0.3) is 5.91 Å². The number of carbonyl (C=O) groups is 1. The summed E-state index contributed by atoms with van der Waals surface area (Å²) in [7, 11) is 0. The SMILES string of the molecule is O=C(C[NH+]1CCN(c2cccc(Cl)c2)CC1)Nc1ccccc1Cl. The molecule has 0 saturated carbocycles. The van der Waals surface area contributed by atoms with E-state index in [1.54, 1.807) is 6.07 Å². The normalized spacial score (nSPS) is 15.3. The van der Waals surface area contributed by atoms with Crippen molar-refractivity contribution in [1.29, 1.82) is 0 Å². The van der Waals surface area contributed by atoms with Gasteiger partial charge in [0.1, 0.15) is 0 Å². The molecule has 0 radical (unpaired) electrons. The molecule has 0 aliphatic carbocycles. The summed E-state index contributed by atoms with van der Waals surface area (Å²) in [4.78, 5) is 15.8. The first kappa shape index (κ1) is 17.1. The molecule has 1 aliphatic rings. The summed E-state index contributed by atoms with van der Waals surface area (Å²) in [5.41, 5.74) is 1.81. The highest BCUT2D eigenvalue weighted by Crippen LogP contribution is 2.20. The van der Waals surface area contributed by atoms with E-state index in [0.717, 1.165) is 36.9 Å². The van der Waals surface area contributed by atoms with Crippen LogP contribution in [0, 0.1) is 0 Å². The molecule has 0 spiro atoms. The van der Waals surface area contributed by atoms with Crippen molar-refractivity contribution in [3.05, 3.63) is 58.6 Å². The van der Waals surface area contributed by atoms with Gasteiger partial charge in [0.15, 0.2) is 6.54 Å². The molecule has 1 saturated heterocycles. The molecular weight excluding hydrogens is 345 g/mol. The van der Waals surface area contributed by atoms with Crippen LogP contribution in [0.15, 0.2) is 48.5 Å². The number of rotatable bonds is 4. The number of halogens is 2. The van der Waals surface area contributed by atoms with Gasteiger partial charge in [-0.3, -0.25) is 4.79 Å². The molecule has 2 aromatic carbocycles. The van der Waals surface area contributed by atoms with Crippen LogP contribution in [0.1, 0.15) is 0 Å². The third kappa shape index (κ3) is 4.41. The first-order valence-electron chi connectivity index (χ1n) is 8.00. The number of nitrogens with zero attached hydrogens (tertiary/aromatic N) is 1. The average molecular weight is 365 g/mol. The number of para-hydroxylation sites is 1. The van der Waals surface area contributed by atoms with Gasteiger partial charge in [0.05, 0.1) is 36.9 Å². The molecule has 24 heavy (non-hydrogen) atoms. The van der Waals surface area contributed by atoms with Crippen molar-refractivity contribution >= 4 is 40.5 Å². The molecule has 2 N–H and O–H groups in total. The molecule has 3 rings (SSSR count). The van der Waals surface area contributed by atoms with Crippen LogP contribution in [0.4, 0.5) is 11.4 Å². The van der Waals surface area contributed by atoms with Gasteiger partial charge in [-0.15, -0.1) is 0 Å². The number of hydrogen-bond acceptors (Lipinski definition) is 2. The number of carbonyl (C=O) groups excluding carboxylic acids is 1. The molecule has 0 aromatic heterocycles. The zero-order valence-corrected chi connectivity index (χ0v) is 14.8. The van der Waals surface area contributed by atoms with E-state index in [9.17, 15) is 4.79 Å². The fraction of sp³-hybridized carbons (Fsp3) is 0.278. The van der Waals surface area contributed by atoms with E-state index in [4.69, 9.17) is 23.2 Å². The second-order valence-corrected chi connectivity index (χ2v) is 6.77. The zero-order chi connectivity index (χ0) is 16.9. The first-order chi connectivity index (χ1) is 11.6. The monoisotopic (exact) mass is 364 g/mol. The third-order valence-corrected chi connectivity index (χ3v) is 4.77. The van der Waals surface area contributed by atoms with Crippen LogP contribution in [0.3, 0.4) is 0 Å². The fourth-order valence-corrected chi connectivity index (χ4v) is 3.28. The van der Waals surface area contributed by atoms with E-state index in [-0.39, 0.29) is 5.91 Å². The third-order valence-electron chi connectivity index (χ3n) is 4.20. The Kier molecular flexibility index (Phi) is 5.61. The molecular formula is C18H20Cl2N3O+. The number of amides is 1. The van der Waals surface area contributed by atoms with Crippen LogP contribution in [0.25, 0.3) is 0 Å². The van der Waals surface area contributed by atoms with Crippen molar-refractivity contribution in [1.82, 2.24) is 0 Å². The second kappa shape index (κ2) is 7.88. The van der Waals surface area contributed by atoms with Crippen LogP contribution in [0.2, 0.25) is 10.0 Å². The van der Waals surface area contributed by atoms with E-state index >= 15 is 0 Å². The molecule has 1 fully saturated rings. The topological polar surface area (TPSA) is 36.8 Å². The Morgan fingerprint density at radius 3 is 2.54 bits per heavy atom. The quantitative estimate of drug-likeness (QED) is 0.873. The Balaban J connectivity index is 1.50. The minimum Gasteiger partial charge on any atom is -0.360 e. The maximum absolute atomic E-state index is 12.2. The van der Waals surface area contributed by atoms with Gasteiger partial charge in [0.2, 0.25) is 0 Å². The lowest BCUT2D eigenvalue weighted by Crippen LogP contribution is -3.15. The highest BCUT2D eigenvalue weighted by Gasteiger charge is 2.22. The molecule has 0 bridgehead atoms. The molecule has 2 aromatic rings. The average Bonchev–Trinajstić information content (AvgIpc) is 2.58. The van der Waals surface area contributed by atoms with Crippen LogP contribution in [-0.4, -0.2) is 38.6 Å². The van der Waals surface area contributed by atoms with Crippen molar-refractivity contribution in [2.24, 2.45) is 0 Å². The number of piperazine rings is 1. The van der Waals surface area contributed by atoms with Crippen LogP contribution in [-0.2, 0) is 4.79 Å². The summed E-state index contributed by atoms with van der Waals surface area (Å²) in [6.07, 6.45) is 0. The van der Waals surface area contributed by atoms with Crippen molar-refractivity contribution in [3.63, 3.8) is 0 Å². The minimum absolute atomic E-state index is 0.00527. The van der Waals surface area contributed by atoms with Crippen molar-refractivity contribution < 1.29 is 9.69 Å². The van der Waals surface area contributed by atoms with E-state index < -0.39 is 0 Å². The predicted molar refractivity (Wildman–Crippen MR) is 99.3 cm³/mol. The fourth-order valence-electron chi connectivity index (χ4n) is 2.91. The first-order valence-corrected chi connectivity index (χ1v) is 8.76.